The van der Waals surface area contributed by atoms with E-state index >= 15 is 0 Å². The molecule has 1 aliphatic heterocycles. The number of amides is 2. The van der Waals surface area contributed by atoms with E-state index in [-0.39, 0.29) is 17.7 Å². The number of carbonyl (C=O) groups excluding carboxylic acids is 2. The first-order valence-electron chi connectivity index (χ1n) is 8.02. The van der Waals surface area contributed by atoms with Gasteiger partial charge in [0.05, 0.1) is 6.20 Å². The van der Waals surface area contributed by atoms with E-state index in [1.54, 1.807) is 30.9 Å². The molecule has 0 spiro atoms. The van der Waals surface area contributed by atoms with Gasteiger partial charge in [-0.3, -0.25) is 9.59 Å². The second-order valence-corrected chi connectivity index (χ2v) is 6.09. The van der Waals surface area contributed by atoms with Crippen molar-refractivity contribution in [3.63, 3.8) is 0 Å². The van der Waals surface area contributed by atoms with E-state index in [4.69, 9.17) is 0 Å². The molecule has 1 saturated heterocycles. The van der Waals surface area contributed by atoms with Gasteiger partial charge in [-0.25, -0.2) is 9.50 Å². The summed E-state index contributed by atoms with van der Waals surface area (Å²) in [6, 6.07) is 1.94. The summed E-state index contributed by atoms with van der Waals surface area (Å²) in [5.74, 6) is 0.105. The first kappa shape index (κ1) is 16.2. The molecule has 126 valence electrons. The van der Waals surface area contributed by atoms with Crippen molar-refractivity contribution in [2.45, 2.75) is 25.7 Å². The van der Waals surface area contributed by atoms with Crippen molar-refractivity contribution >= 4 is 17.5 Å². The average molecular weight is 327 g/mol. The third kappa shape index (κ3) is 2.77. The van der Waals surface area contributed by atoms with Crippen LogP contribution in [0.5, 0.6) is 0 Å². The molecule has 0 aromatic carbocycles. The van der Waals surface area contributed by atoms with E-state index in [9.17, 15) is 9.59 Å². The Morgan fingerprint density at radius 3 is 2.67 bits per heavy atom. The number of nitrogens with one attached hydrogen (secondary N) is 1. The first-order chi connectivity index (χ1) is 11.5. The topological polar surface area (TPSA) is 79.6 Å². The van der Waals surface area contributed by atoms with E-state index in [0.29, 0.717) is 29.9 Å². The third-order valence-corrected chi connectivity index (χ3v) is 4.47. The Labute approximate surface area is 140 Å². The van der Waals surface area contributed by atoms with Gasteiger partial charge in [0.15, 0.2) is 5.65 Å². The molecule has 2 aromatic heterocycles. The summed E-state index contributed by atoms with van der Waals surface area (Å²) in [4.78, 5) is 30.1. The fourth-order valence-corrected chi connectivity index (χ4v) is 3.16. The lowest BCUT2D eigenvalue weighted by molar-refractivity contribution is -0.128. The van der Waals surface area contributed by atoms with Crippen molar-refractivity contribution in [1.29, 1.82) is 0 Å². The van der Waals surface area contributed by atoms with Gasteiger partial charge >= 0.3 is 0 Å². The Balaban J connectivity index is 1.84. The summed E-state index contributed by atoms with van der Waals surface area (Å²) in [6.07, 6.45) is 4.97. The number of carbonyl (C=O) groups is 2. The zero-order valence-corrected chi connectivity index (χ0v) is 14.0. The molecule has 1 fully saturated rings. The molecule has 3 heterocycles. The summed E-state index contributed by atoms with van der Waals surface area (Å²) >= 11 is 0. The van der Waals surface area contributed by atoms with Crippen LogP contribution in [0.2, 0.25) is 0 Å². The van der Waals surface area contributed by atoms with Crippen LogP contribution in [0.4, 0.5) is 0 Å². The molecule has 0 bridgehead atoms. The maximum absolute atomic E-state index is 12.0. The lowest BCUT2D eigenvalue weighted by atomic mass is 9.93. The zero-order chi connectivity index (χ0) is 17.3. The van der Waals surface area contributed by atoms with Crippen LogP contribution >= 0.6 is 0 Å². The number of rotatable bonds is 3. The number of nitrogens with zero attached hydrogens (tertiary/aromatic N) is 4. The van der Waals surface area contributed by atoms with Crippen LogP contribution in [0.3, 0.4) is 0 Å². The molecule has 0 atom stereocenters. The molecule has 0 saturated carbocycles. The third-order valence-electron chi connectivity index (χ3n) is 4.47. The number of aromatic nitrogens is 3. The maximum Gasteiger partial charge on any atom is 0.256 e. The molecule has 7 nitrogen and oxygen atoms in total. The Hall–Kier alpha value is -2.70. The molecule has 0 radical (unpaired) electrons. The van der Waals surface area contributed by atoms with Gasteiger partial charge in [0, 0.05) is 43.5 Å². The molecule has 2 aromatic rings. The van der Waals surface area contributed by atoms with E-state index < -0.39 is 0 Å². The van der Waals surface area contributed by atoms with Crippen LogP contribution in [-0.4, -0.2) is 51.4 Å². The number of hydrogen-bond donors (Lipinski definition) is 1. The van der Waals surface area contributed by atoms with E-state index in [0.717, 1.165) is 18.5 Å². The van der Waals surface area contributed by atoms with E-state index in [1.165, 1.54) is 0 Å². The van der Waals surface area contributed by atoms with Crippen LogP contribution in [-0.2, 0) is 4.79 Å². The van der Waals surface area contributed by atoms with Crippen molar-refractivity contribution < 1.29 is 9.59 Å². The highest BCUT2D eigenvalue weighted by molar-refractivity contribution is 5.99. The second kappa shape index (κ2) is 6.43. The number of fused-ring (bicyclic) bond motifs is 1. The molecule has 3 rings (SSSR count). The fourth-order valence-electron chi connectivity index (χ4n) is 3.16. The van der Waals surface area contributed by atoms with Crippen LogP contribution in [0.25, 0.3) is 5.65 Å². The predicted molar refractivity (Wildman–Crippen MR) is 89.7 cm³/mol. The number of hydrogen-bond acceptors (Lipinski definition) is 4. The van der Waals surface area contributed by atoms with Gasteiger partial charge < -0.3 is 10.2 Å². The van der Waals surface area contributed by atoms with Crippen molar-refractivity contribution in [2.75, 3.05) is 20.1 Å². The van der Waals surface area contributed by atoms with Gasteiger partial charge in [0.2, 0.25) is 5.91 Å². The summed E-state index contributed by atoms with van der Waals surface area (Å²) in [5, 5.41) is 6.95. The Kier molecular flexibility index (Phi) is 4.33. The molecule has 24 heavy (non-hydrogen) atoms. The Bertz CT molecular complexity index is 802. The van der Waals surface area contributed by atoms with Gasteiger partial charge in [-0.2, -0.15) is 5.10 Å². The van der Waals surface area contributed by atoms with Gasteiger partial charge in [0.1, 0.15) is 5.56 Å². The molecule has 1 N–H and O–H groups in total. The highest BCUT2D eigenvalue weighted by Crippen LogP contribution is 2.28. The van der Waals surface area contributed by atoms with Crippen LogP contribution in [0.1, 0.15) is 41.7 Å². The minimum absolute atomic E-state index is 0.0225. The van der Waals surface area contributed by atoms with Gasteiger partial charge in [-0.15, -0.1) is 0 Å². The lowest BCUT2D eigenvalue weighted by Crippen LogP contribution is -2.38. The summed E-state index contributed by atoms with van der Waals surface area (Å²) < 4.78 is 1.74. The van der Waals surface area contributed by atoms with Crippen molar-refractivity contribution in [1.82, 2.24) is 24.8 Å². The highest BCUT2D eigenvalue weighted by atomic mass is 16.2. The summed E-state index contributed by atoms with van der Waals surface area (Å²) in [6.45, 7) is 6.86. The predicted octanol–water partition coefficient (Wildman–Crippen LogP) is 1.37. The van der Waals surface area contributed by atoms with E-state index in [1.807, 2.05) is 11.0 Å². The standard InChI is InChI=1S/C17H21N5O2/c1-11(2)17(24)21-8-5-12(6-9-21)14-4-7-19-15-13(16(23)18-3)10-20-22(14)15/h4,7,10,12H,1,5-6,8-9H2,2-3H3,(H,18,23). The average Bonchev–Trinajstić information content (AvgIpc) is 3.04. The number of likely N-dealkylation sites (tertiary alicyclic amines) is 1. The largest absolute Gasteiger partial charge is 0.355 e. The summed E-state index contributed by atoms with van der Waals surface area (Å²) in [5.41, 5.74) is 2.63. The minimum atomic E-state index is -0.198. The Morgan fingerprint density at radius 1 is 1.33 bits per heavy atom. The molecular formula is C17H21N5O2. The van der Waals surface area contributed by atoms with Crippen LogP contribution in [0, 0.1) is 0 Å². The lowest BCUT2D eigenvalue weighted by Gasteiger charge is -2.32. The van der Waals surface area contributed by atoms with Gasteiger partial charge in [-0.1, -0.05) is 6.58 Å². The quantitative estimate of drug-likeness (QED) is 0.864. The summed E-state index contributed by atoms with van der Waals surface area (Å²) in [7, 11) is 1.59. The van der Waals surface area contributed by atoms with Gasteiger partial charge in [0.25, 0.3) is 5.91 Å². The SMILES string of the molecule is C=C(C)C(=O)N1CCC(c2ccnc3c(C(=O)NC)cnn23)CC1. The second-order valence-electron chi connectivity index (χ2n) is 6.09. The normalized spacial score (nSPS) is 15.5. The van der Waals surface area contributed by atoms with Gasteiger partial charge in [-0.05, 0) is 25.8 Å². The number of piperidine rings is 1. The van der Waals surface area contributed by atoms with Crippen LogP contribution in [0.15, 0.2) is 30.6 Å². The van der Waals surface area contributed by atoms with Crippen molar-refractivity contribution in [3.8, 4) is 0 Å². The molecule has 0 unspecified atom stereocenters. The highest BCUT2D eigenvalue weighted by Gasteiger charge is 2.26. The van der Waals surface area contributed by atoms with Crippen molar-refractivity contribution in [3.05, 3.63) is 41.9 Å². The Morgan fingerprint density at radius 2 is 2.04 bits per heavy atom. The van der Waals surface area contributed by atoms with E-state index in [2.05, 4.69) is 22.0 Å². The monoisotopic (exact) mass is 327 g/mol. The fraction of sp³-hybridized carbons (Fsp3) is 0.412. The molecule has 2 amide bonds. The maximum atomic E-state index is 12.0. The molecule has 0 aliphatic carbocycles. The first-order valence-corrected chi connectivity index (χ1v) is 8.02. The smallest absolute Gasteiger partial charge is 0.256 e. The molecule has 7 heteroatoms. The molecule has 1 aliphatic rings. The zero-order valence-electron chi connectivity index (χ0n) is 14.0. The van der Waals surface area contributed by atoms with Crippen molar-refractivity contribution in [2.24, 2.45) is 0 Å². The minimum Gasteiger partial charge on any atom is -0.355 e. The van der Waals surface area contributed by atoms with Crippen LogP contribution < -0.4 is 5.32 Å². The molecular weight excluding hydrogens is 306 g/mol.